The molecular formula is C11H14O5. The fourth-order valence-corrected chi connectivity index (χ4v) is 2.46. The van der Waals surface area contributed by atoms with E-state index in [0.29, 0.717) is 0 Å². The highest BCUT2D eigenvalue weighted by molar-refractivity contribution is 5.84. The van der Waals surface area contributed by atoms with Crippen molar-refractivity contribution in [3.63, 3.8) is 0 Å². The van der Waals surface area contributed by atoms with Crippen molar-refractivity contribution in [3.05, 3.63) is 24.5 Å². The van der Waals surface area contributed by atoms with Gasteiger partial charge in [-0.05, 0) is 5.92 Å². The van der Waals surface area contributed by atoms with Crippen molar-refractivity contribution in [3.8, 4) is 0 Å². The molecule has 88 valence electrons. The summed E-state index contributed by atoms with van der Waals surface area (Å²) < 4.78 is 4.77. The maximum Gasteiger partial charge on any atom is 0.323 e. The number of hydrogen-bond acceptors (Lipinski definition) is 5. The second-order valence-corrected chi connectivity index (χ2v) is 4.30. The number of aliphatic hydroxyl groups excluding tert-OH is 3. The van der Waals surface area contributed by atoms with Gasteiger partial charge in [0, 0.05) is 0 Å². The van der Waals surface area contributed by atoms with Crippen LogP contribution in [0.15, 0.2) is 24.5 Å². The third-order valence-corrected chi connectivity index (χ3v) is 3.50. The van der Waals surface area contributed by atoms with Crippen molar-refractivity contribution in [2.24, 2.45) is 11.3 Å². The molecule has 2 rings (SSSR count). The summed E-state index contributed by atoms with van der Waals surface area (Å²) in [6.45, 7) is 5.09. The van der Waals surface area contributed by atoms with Crippen LogP contribution in [0.2, 0.25) is 0 Å². The lowest BCUT2D eigenvalue weighted by molar-refractivity contribution is -0.165. The summed E-state index contributed by atoms with van der Waals surface area (Å²) in [5.74, 6) is -1.26. The molecule has 0 aromatic heterocycles. The van der Waals surface area contributed by atoms with E-state index in [1.165, 1.54) is 6.08 Å². The van der Waals surface area contributed by atoms with E-state index < -0.39 is 35.6 Å². The summed E-state index contributed by atoms with van der Waals surface area (Å²) in [7, 11) is 0. The number of hydrogen-bond donors (Lipinski definition) is 3. The molecule has 16 heavy (non-hydrogen) atoms. The maximum absolute atomic E-state index is 11.8. The lowest BCUT2D eigenvalue weighted by Crippen LogP contribution is -2.57. The minimum absolute atomic E-state index is 0.0848. The van der Waals surface area contributed by atoms with Gasteiger partial charge in [-0.25, -0.2) is 0 Å². The fraction of sp³-hybridized carbons (Fsp3) is 0.545. The van der Waals surface area contributed by atoms with E-state index in [1.54, 1.807) is 13.0 Å². The van der Waals surface area contributed by atoms with Crippen LogP contribution in [-0.4, -0.2) is 39.6 Å². The van der Waals surface area contributed by atoms with Gasteiger partial charge in [0.1, 0.15) is 23.4 Å². The van der Waals surface area contributed by atoms with Crippen LogP contribution in [0.25, 0.3) is 0 Å². The summed E-state index contributed by atoms with van der Waals surface area (Å²) >= 11 is 0. The molecule has 1 heterocycles. The molecule has 1 aliphatic heterocycles. The van der Waals surface area contributed by atoms with Gasteiger partial charge in [0.15, 0.2) is 0 Å². The van der Waals surface area contributed by atoms with Crippen LogP contribution in [0.3, 0.4) is 0 Å². The molecule has 0 radical (unpaired) electrons. The lowest BCUT2D eigenvalue weighted by atomic mass is 9.64. The molecule has 0 aromatic rings. The Morgan fingerprint density at radius 3 is 2.50 bits per heavy atom. The largest absolute Gasteiger partial charge is 0.428 e. The van der Waals surface area contributed by atoms with Crippen molar-refractivity contribution in [1.29, 1.82) is 0 Å². The molecule has 0 aromatic carbocycles. The van der Waals surface area contributed by atoms with Crippen molar-refractivity contribution >= 4 is 5.97 Å². The molecule has 5 atom stereocenters. The second kappa shape index (κ2) is 3.41. The van der Waals surface area contributed by atoms with Crippen LogP contribution in [0.4, 0.5) is 0 Å². The van der Waals surface area contributed by atoms with E-state index in [2.05, 4.69) is 6.58 Å². The van der Waals surface area contributed by atoms with Crippen molar-refractivity contribution in [2.75, 3.05) is 0 Å². The Kier molecular flexibility index (Phi) is 2.41. The zero-order valence-corrected chi connectivity index (χ0v) is 8.83. The average molecular weight is 226 g/mol. The van der Waals surface area contributed by atoms with Crippen molar-refractivity contribution in [1.82, 2.24) is 0 Å². The second-order valence-electron chi connectivity index (χ2n) is 4.30. The normalized spacial score (nSPS) is 47.5. The minimum atomic E-state index is -1.54. The van der Waals surface area contributed by atoms with E-state index >= 15 is 0 Å². The molecule has 1 spiro atoms. The zero-order chi connectivity index (χ0) is 12.1. The molecule has 1 saturated heterocycles. The first-order chi connectivity index (χ1) is 7.42. The number of aliphatic hydroxyl groups is 3. The van der Waals surface area contributed by atoms with Gasteiger partial charge >= 0.3 is 5.97 Å². The lowest BCUT2D eigenvalue weighted by Gasteiger charge is -2.40. The van der Waals surface area contributed by atoms with E-state index in [1.807, 2.05) is 0 Å². The fourth-order valence-electron chi connectivity index (χ4n) is 2.46. The number of carbonyl (C=O) groups is 1. The van der Waals surface area contributed by atoms with Gasteiger partial charge in [-0.3, -0.25) is 4.79 Å². The van der Waals surface area contributed by atoms with Crippen molar-refractivity contribution < 1.29 is 24.9 Å². The summed E-state index contributed by atoms with van der Waals surface area (Å²) in [5, 5.41) is 29.5. The summed E-state index contributed by atoms with van der Waals surface area (Å²) in [6.07, 6.45) is -0.898. The van der Waals surface area contributed by atoms with E-state index in [9.17, 15) is 20.1 Å². The van der Waals surface area contributed by atoms with Gasteiger partial charge < -0.3 is 20.1 Å². The molecule has 5 heteroatoms. The van der Waals surface area contributed by atoms with Crippen LogP contribution < -0.4 is 0 Å². The SMILES string of the molecule is C=C1OC(=O)[C@]2([C@H](O)[C@H](O)C=C[C@@H]2C)[C@H]1O. The Bertz CT molecular complexity index is 375. The Balaban J connectivity index is 2.54. The van der Waals surface area contributed by atoms with Gasteiger partial charge in [-0.15, -0.1) is 0 Å². The van der Waals surface area contributed by atoms with Gasteiger partial charge in [0.2, 0.25) is 0 Å². The van der Waals surface area contributed by atoms with E-state index in [4.69, 9.17) is 4.74 Å². The quantitative estimate of drug-likeness (QED) is 0.377. The molecule has 0 bridgehead atoms. The summed E-state index contributed by atoms with van der Waals surface area (Å²) in [6, 6.07) is 0. The first-order valence-electron chi connectivity index (χ1n) is 5.06. The Morgan fingerprint density at radius 1 is 1.38 bits per heavy atom. The number of allylic oxidation sites excluding steroid dienone is 1. The van der Waals surface area contributed by atoms with Crippen LogP contribution in [-0.2, 0) is 9.53 Å². The monoisotopic (exact) mass is 226 g/mol. The van der Waals surface area contributed by atoms with Crippen LogP contribution in [0.1, 0.15) is 6.92 Å². The maximum atomic E-state index is 11.8. The van der Waals surface area contributed by atoms with Gasteiger partial charge in [0.05, 0.1) is 6.10 Å². The molecule has 2 aliphatic rings. The number of rotatable bonds is 0. The molecular weight excluding hydrogens is 212 g/mol. The highest BCUT2D eigenvalue weighted by Gasteiger charge is 2.63. The summed E-state index contributed by atoms with van der Waals surface area (Å²) in [5.41, 5.74) is -1.54. The van der Waals surface area contributed by atoms with Gasteiger partial charge in [0.25, 0.3) is 0 Å². The Labute approximate surface area is 92.7 Å². The van der Waals surface area contributed by atoms with E-state index in [-0.39, 0.29) is 5.76 Å². The van der Waals surface area contributed by atoms with Crippen LogP contribution in [0.5, 0.6) is 0 Å². The molecule has 0 amide bonds. The van der Waals surface area contributed by atoms with Crippen LogP contribution in [0, 0.1) is 11.3 Å². The number of ether oxygens (including phenoxy) is 1. The molecule has 0 unspecified atom stereocenters. The van der Waals surface area contributed by atoms with E-state index in [0.717, 1.165) is 0 Å². The van der Waals surface area contributed by atoms with Gasteiger partial charge in [-0.2, -0.15) is 0 Å². The number of carbonyl (C=O) groups excluding carboxylic acids is 1. The molecule has 0 saturated carbocycles. The molecule has 1 aliphatic carbocycles. The number of cyclic esters (lactones) is 1. The zero-order valence-electron chi connectivity index (χ0n) is 8.83. The third-order valence-electron chi connectivity index (χ3n) is 3.50. The molecule has 3 N–H and O–H groups in total. The van der Waals surface area contributed by atoms with Gasteiger partial charge in [-0.1, -0.05) is 25.7 Å². The first-order valence-corrected chi connectivity index (χ1v) is 5.06. The summed E-state index contributed by atoms with van der Waals surface area (Å²) in [4.78, 5) is 11.8. The molecule has 1 fully saturated rings. The highest BCUT2D eigenvalue weighted by Crippen LogP contribution is 2.48. The Hall–Kier alpha value is -1.17. The molecule has 5 nitrogen and oxygen atoms in total. The van der Waals surface area contributed by atoms with Crippen molar-refractivity contribution in [2.45, 2.75) is 25.2 Å². The number of esters is 1. The first kappa shape index (κ1) is 11.3. The standard InChI is InChI=1S/C11H14O5/c1-5-3-4-7(12)9(14)11(5)8(13)6(2)16-10(11)15/h3-5,7-9,12-14H,2H2,1H3/t5-,7+,8-,9+,11-/m0/s1. The predicted molar refractivity (Wildman–Crippen MR) is 54.0 cm³/mol. The average Bonchev–Trinajstić information content (AvgIpc) is 2.45. The third kappa shape index (κ3) is 1.13. The Morgan fingerprint density at radius 2 is 2.00 bits per heavy atom. The predicted octanol–water partition coefficient (Wildman–Crippen LogP) is -0.668. The van der Waals surface area contributed by atoms with Crippen LogP contribution >= 0.6 is 0 Å². The smallest absolute Gasteiger partial charge is 0.323 e. The topological polar surface area (TPSA) is 87.0 Å². The highest BCUT2D eigenvalue weighted by atomic mass is 16.6. The minimum Gasteiger partial charge on any atom is -0.428 e.